The summed E-state index contributed by atoms with van der Waals surface area (Å²) in [5.74, 6) is 0.214. The van der Waals surface area contributed by atoms with E-state index in [-0.39, 0.29) is 5.91 Å². The monoisotopic (exact) mass is 461 g/mol. The van der Waals surface area contributed by atoms with Crippen molar-refractivity contribution < 1.29 is 9.32 Å². The highest BCUT2D eigenvalue weighted by Gasteiger charge is 2.24. The zero-order chi connectivity index (χ0) is 22.8. The molecule has 3 heterocycles. The first-order chi connectivity index (χ1) is 16.1. The summed E-state index contributed by atoms with van der Waals surface area (Å²) in [4.78, 5) is 17.5. The van der Waals surface area contributed by atoms with Crippen LogP contribution in [-0.4, -0.2) is 32.4 Å². The third kappa shape index (κ3) is 4.16. The molecule has 8 heteroatoms. The zero-order valence-corrected chi connectivity index (χ0v) is 19.1. The average molecular weight is 462 g/mol. The molecule has 0 unspecified atom stereocenters. The minimum atomic E-state index is -0.241. The molecule has 1 amide bonds. The summed E-state index contributed by atoms with van der Waals surface area (Å²) in [7, 11) is 0. The SMILES string of the molecule is Cc1onc(-c2ccccc2Cl)c1C(=O)NCCn1nc(-c2ccccn2)c2c1CCCC2. The maximum atomic E-state index is 13.0. The lowest BCUT2D eigenvalue weighted by atomic mass is 9.95. The molecule has 0 saturated carbocycles. The van der Waals surface area contributed by atoms with Gasteiger partial charge in [0.25, 0.3) is 5.91 Å². The first-order valence-electron chi connectivity index (χ1n) is 11.1. The van der Waals surface area contributed by atoms with Crippen molar-refractivity contribution in [3.05, 3.63) is 76.3 Å². The van der Waals surface area contributed by atoms with E-state index in [1.54, 1.807) is 19.2 Å². The van der Waals surface area contributed by atoms with Gasteiger partial charge in [0.15, 0.2) is 0 Å². The Balaban J connectivity index is 1.34. The van der Waals surface area contributed by atoms with Gasteiger partial charge in [-0.1, -0.05) is 41.0 Å². The molecule has 5 rings (SSSR count). The van der Waals surface area contributed by atoms with Gasteiger partial charge in [-0.2, -0.15) is 5.10 Å². The number of aromatic nitrogens is 4. The molecule has 3 aromatic heterocycles. The molecular weight excluding hydrogens is 438 g/mol. The van der Waals surface area contributed by atoms with Crippen LogP contribution in [-0.2, 0) is 19.4 Å². The van der Waals surface area contributed by atoms with Crippen molar-refractivity contribution in [1.82, 2.24) is 25.2 Å². The highest BCUT2D eigenvalue weighted by Crippen LogP contribution is 2.32. The number of fused-ring (bicyclic) bond motifs is 1. The molecule has 0 radical (unpaired) electrons. The molecule has 0 saturated heterocycles. The van der Waals surface area contributed by atoms with Gasteiger partial charge in [0, 0.05) is 29.6 Å². The number of rotatable bonds is 6. The number of halogens is 1. The van der Waals surface area contributed by atoms with Crippen molar-refractivity contribution in [2.75, 3.05) is 6.54 Å². The van der Waals surface area contributed by atoms with Crippen LogP contribution in [0.15, 0.2) is 53.2 Å². The van der Waals surface area contributed by atoms with Gasteiger partial charge in [-0.15, -0.1) is 0 Å². The Morgan fingerprint density at radius 1 is 1.12 bits per heavy atom. The Hall–Kier alpha value is -3.45. The van der Waals surface area contributed by atoms with Crippen molar-refractivity contribution in [1.29, 1.82) is 0 Å². The number of nitrogens with one attached hydrogen (secondary N) is 1. The highest BCUT2D eigenvalue weighted by atomic mass is 35.5. The first-order valence-corrected chi connectivity index (χ1v) is 11.5. The minimum absolute atomic E-state index is 0.241. The summed E-state index contributed by atoms with van der Waals surface area (Å²) in [5.41, 5.74) is 5.89. The predicted molar refractivity (Wildman–Crippen MR) is 126 cm³/mol. The quantitative estimate of drug-likeness (QED) is 0.442. The Morgan fingerprint density at radius 2 is 1.94 bits per heavy atom. The fourth-order valence-corrected chi connectivity index (χ4v) is 4.63. The maximum Gasteiger partial charge on any atom is 0.257 e. The molecule has 1 aromatic carbocycles. The van der Waals surface area contributed by atoms with E-state index in [2.05, 4.69) is 15.5 Å². The maximum absolute atomic E-state index is 13.0. The van der Waals surface area contributed by atoms with Gasteiger partial charge < -0.3 is 9.84 Å². The second-order valence-electron chi connectivity index (χ2n) is 8.12. The first kappa shape index (κ1) is 21.4. The number of carbonyl (C=O) groups excluding carboxylic acids is 1. The van der Waals surface area contributed by atoms with Crippen LogP contribution in [0.5, 0.6) is 0 Å². The molecular formula is C25H24ClN5O2. The summed E-state index contributed by atoms with van der Waals surface area (Å²) in [6.07, 6.45) is 6.10. The van der Waals surface area contributed by atoms with Crippen LogP contribution >= 0.6 is 11.6 Å². The van der Waals surface area contributed by atoms with E-state index in [1.807, 2.05) is 41.1 Å². The Kier molecular flexibility index (Phi) is 5.96. The van der Waals surface area contributed by atoms with Crippen molar-refractivity contribution >= 4 is 17.5 Å². The summed E-state index contributed by atoms with van der Waals surface area (Å²) < 4.78 is 7.35. The van der Waals surface area contributed by atoms with E-state index < -0.39 is 0 Å². The molecule has 7 nitrogen and oxygen atoms in total. The number of hydrogen-bond donors (Lipinski definition) is 1. The lowest BCUT2D eigenvalue weighted by Crippen LogP contribution is -2.28. The topological polar surface area (TPSA) is 85.8 Å². The summed E-state index contributed by atoms with van der Waals surface area (Å²) in [5, 5.41) is 12.5. The van der Waals surface area contributed by atoms with Crippen LogP contribution in [0.25, 0.3) is 22.6 Å². The van der Waals surface area contributed by atoms with Crippen molar-refractivity contribution in [3.8, 4) is 22.6 Å². The molecule has 1 aliphatic rings. The van der Waals surface area contributed by atoms with Crippen LogP contribution in [0.1, 0.15) is 40.2 Å². The van der Waals surface area contributed by atoms with Crippen LogP contribution < -0.4 is 5.32 Å². The van der Waals surface area contributed by atoms with Gasteiger partial charge in [0.2, 0.25) is 0 Å². The summed E-state index contributed by atoms with van der Waals surface area (Å²) >= 11 is 6.32. The molecule has 0 bridgehead atoms. The number of amides is 1. The average Bonchev–Trinajstić information content (AvgIpc) is 3.41. The van der Waals surface area contributed by atoms with Crippen molar-refractivity contribution in [3.63, 3.8) is 0 Å². The normalized spacial score (nSPS) is 13.0. The molecule has 0 aliphatic heterocycles. The third-order valence-electron chi connectivity index (χ3n) is 5.99. The fraction of sp³-hybridized carbons (Fsp3) is 0.280. The van der Waals surface area contributed by atoms with Crippen molar-refractivity contribution in [2.24, 2.45) is 0 Å². The standard InChI is InChI=1S/C25H24ClN5O2/c1-16-22(24(30-33-16)17-8-2-4-10-19(17)26)25(32)28-14-15-31-21-12-5-3-9-18(21)23(29-31)20-11-6-7-13-27-20/h2,4,6-8,10-11,13H,3,5,9,12,14-15H2,1H3,(H,28,32). The Bertz CT molecular complexity index is 1300. The second-order valence-corrected chi connectivity index (χ2v) is 8.52. The molecule has 4 aromatic rings. The summed E-state index contributed by atoms with van der Waals surface area (Å²) in [6.45, 7) is 2.74. The van der Waals surface area contributed by atoms with Gasteiger partial charge in [-0.3, -0.25) is 14.5 Å². The molecule has 1 N–H and O–H groups in total. The molecule has 168 valence electrons. The van der Waals surface area contributed by atoms with Gasteiger partial charge in [-0.05, 0) is 50.8 Å². The van der Waals surface area contributed by atoms with E-state index in [1.165, 1.54) is 11.3 Å². The van der Waals surface area contributed by atoms with Gasteiger partial charge in [0.1, 0.15) is 22.7 Å². The molecule has 33 heavy (non-hydrogen) atoms. The largest absolute Gasteiger partial charge is 0.360 e. The lowest BCUT2D eigenvalue weighted by Gasteiger charge is -2.14. The molecule has 0 fully saturated rings. The van der Waals surface area contributed by atoms with Crippen LogP contribution in [0.2, 0.25) is 5.02 Å². The number of carbonyl (C=O) groups is 1. The Morgan fingerprint density at radius 3 is 2.76 bits per heavy atom. The van der Waals surface area contributed by atoms with E-state index in [0.29, 0.717) is 40.7 Å². The van der Waals surface area contributed by atoms with Crippen molar-refractivity contribution in [2.45, 2.75) is 39.2 Å². The minimum Gasteiger partial charge on any atom is -0.360 e. The van der Waals surface area contributed by atoms with Crippen LogP contribution in [0.4, 0.5) is 0 Å². The third-order valence-corrected chi connectivity index (χ3v) is 6.32. The number of benzene rings is 1. The number of pyridine rings is 1. The molecule has 0 atom stereocenters. The van der Waals surface area contributed by atoms with Crippen LogP contribution in [0.3, 0.4) is 0 Å². The summed E-state index contributed by atoms with van der Waals surface area (Å²) in [6, 6.07) is 13.2. The number of aryl methyl sites for hydroxylation is 1. The highest BCUT2D eigenvalue weighted by molar-refractivity contribution is 6.33. The van der Waals surface area contributed by atoms with Gasteiger partial charge in [0.05, 0.1) is 17.3 Å². The van der Waals surface area contributed by atoms with Gasteiger partial charge >= 0.3 is 0 Å². The Labute approximate surface area is 196 Å². The van der Waals surface area contributed by atoms with Gasteiger partial charge in [-0.25, -0.2) is 0 Å². The van der Waals surface area contributed by atoms with Crippen LogP contribution in [0, 0.1) is 6.92 Å². The predicted octanol–water partition coefficient (Wildman–Crippen LogP) is 4.87. The fourth-order valence-electron chi connectivity index (χ4n) is 4.40. The molecule has 1 aliphatic carbocycles. The second kappa shape index (κ2) is 9.19. The lowest BCUT2D eigenvalue weighted by molar-refractivity contribution is 0.0951. The van der Waals surface area contributed by atoms with E-state index in [4.69, 9.17) is 21.2 Å². The smallest absolute Gasteiger partial charge is 0.257 e. The number of nitrogens with zero attached hydrogens (tertiary/aromatic N) is 4. The van der Waals surface area contributed by atoms with E-state index in [9.17, 15) is 4.79 Å². The van der Waals surface area contributed by atoms with E-state index in [0.717, 1.165) is 37.1 Å². The molecule has 0 spiro atoms. The van der Waals surface area contributed by atoms with E-state index >= 15 is 0 Å². The number of hydrogen-bond acceptors (Lipinski definition) is 5. The zero-order valence-electron chi connectivity index (χ0n) is 18.3.